The zero-order chi connectivity index (χ0) is 13.6. The van der Waals surface area contributed by atoms with E-state index in [9.17, 15) is 14.7 Å². The molecule has 1 amide bonds. The topological polar surface area (TPSA) is 57.6 Å². The maximum Gasteiger partial charge on any atom is 0.311 e. The number of hydrogen-bond donors (Lipinski definition) is 1. The fraction of sp³-hybridized carbons (Fsp3) is 0.571. The first-order chi connectivity index (χ1) is 9.01. The Kier molecular flexibility index (Phi) is 2.89. The van der Waals surface area contributed by atoms with Gasteiger partial charge >= 0.3 is 5.97 Å². The minimum atomic E-state index is -0.809. The SMILES string of the molecule is CC1(C(=O)O)CCN(C(=O)c2sccc2C2CC2)C1. The van der Waals surface area contributed by atoms with Gasteiger partial charge in [0.2, 0.25) is 0 Å². The number of amides is 1. The molecule has 0 aromatic carbocycles. The quantitative estimate of drug-likeness (QED) is 0.925. The van der Waals surface area contributed by atoms with Crippen LogP contribution in [0.3, 0.4) is 0 Å². The lowest BCUT2D eigenvalue weighted by atomic mass is 9.90. The summed E-state index contributed by atoms with van der Waals surface area (Å²) in [6, 6.07) is 2.04. The molecule has 1 aromatic rings. The monoisotopic (exact) mass is 279 g/mol. The Balaban J connectivity index is 1.78. The first kappa shape index (κ1) is 12.7. The normalized spacial score (nSPS) is 26.7. The Bertz CT molecular complexity index is 535. The summed E-state index contributed by atoms with van der Waals surface area (Å²) in [4.78, 5) is 26.3. The number of likely N-dealkylation sites (tertiary alicyclic amines) is 1. The van der Waals surface area contributed by atoms with Gasteiger partial charge in [0.25, 0.3) is 5.91 Å². The van der Waals surface area contributed by atoms with Crippen LogP contribution in [0.2, 0.25) is 0 Å². The molecule has 1 atom stereocenters. The van der Waals surface area contributed by atoms with Crippen LogP contribution in [-0.2, 0) is 4.79 Å². The van der Waals surface area contributed by atoms with Gasteiger partial charge < -0.3 is 10.0 Å². The van der Waals surface area contributed by atoms with Gasteiger partial charge in [-0.15, -0.1) is 11.3 Å². The molecule has 2 aliphatic rings. The molecule has 0 bridgehead atoms. The van der Waals surface area contributed by atoms with Crippen LogP contribution < -0.4 is 0 Å². The molecule has 19 heavy (non-hydrogen) atoms. The third kappa shape index (κ3) is 2.16. The number of carboxylic acids is 1. The van der Waals surface area contributed by atoms with Crippen molar-refractivity contribution in [2.75, 3.05) is 13.1 Å². The van der Waals surface area contributed by atoms with Crippen molar-refractivity contribution in [1.82, 2.24) is 4.90 Å². The van der Waals surface area contributed by atoms with E-state index in [1.54, 1.807) is 11.8 Å². The summed E-state index contributed by atoms with van der Waals surface area (Å²) in [5, 5.41) is 11.2. The van der Waals surface area contributed by atoms with E-state index in [1.165, 1.54) is 29.7 Å². The predicted octanol–water partition coefficient (Wildman–Crippen LogP) is 2.56. The highest BCUT2D eigenvalue weighted by Gasteiger charge is 2.43. The summed E-state index contributed by atoms with van der Waals surface area (Å²) in [6.45, 7) is 2.59. The van der Waals surface area contributed by atoms with Crippen molar-refractivity contribution in [3.63, 3.8) is 0 Å². The lowest BCUT2D eigenvalue weighted by molar-refractivity contribution is -0.147. The molecule has 1 aromatic heterocycles. The number of carboxylic acid groups (broad SMARTS) is 1. The van der Waals surface area contributed by atoms with Gasteiger partial charge in [0.15, 0.2) is 0 Å². The van der Waals surface area contributed by atoms with Crippen molar-refractivity contribution in [3.8, 4) is 0 Å². The third-order valence-electron chi connectivity index (χ3n) is 4.18. The summed E-state index contributed by atoms with van der Waals surface area (Å²) in [5.41, 5.74) is 0.381. The van der Waals surface area contributed by atoms with Crippen molar-refractivity contribution >= 4 is 23.2 Å². The molecule has 1 aliphatic carbocycles. The molecule has 2 heterocycles. The molecule has 1 unspecified atom stereocenters. The van der Waals surface area contributed by atoms with E-state index in [2.05, 4.69) is 0 Å². The first-order valence-corrected chi connectivity index (χ1v) is 7.49. The smallest absolute Gasteiger partial charge is 0.311 e. The second-order valence-corrected chi connectivity index (χ2v) is 6.74. The molecular formula is C14H17NO3S. The standard InChI is InChI=1S/C14H17NO3S/c1-14(13(17)18)5-6-15(8-14)12(16)11-10(4-7-19-11)9-2-3-9/h4,7,9H,2-3,5-6,8H2,1H3,(H,17,18). The van der Waals surface area contributed by atoms with Crippen molar-refractivity contribution in [1.29, 1.82) is 0 Å². The minimum absolute atomic E-state index is 0.0156. The number of hydrogen-bond acceptors (Lipinski definition) is 3. The van der Waals surface area contributed by atoms with Gasteiger partial charge in [0, 0.05) is 13.1 Å². The highest BCUT2D eigenvalue weighted by atomic mass is 32.1. The van der Waals surface area contributed by atoms with Crippen LogP contribution in [0, 0.1) is 5.41 Å². The Hall–Kier alpha value is -1.36. The summed E-state index contributed by atoms with van der Waals surface area (Å²) >= 11 is 1.48. The van der Waals surface area contributed by atoms with Crippen LogP contribution in [0.5, 0.6) is 0 Å². The molecule has 1 N–H and O–H groups in total. The largest absolute Gasteiger partial charge is 0.481 e. The van der Waals surface area contributed by atoms with Gasteiger partial charge in [-0.05, 0) is 49.1 Å². The van der Waals surface area contributed by atoms with E-state index in [0.29, 0.717) is 25.4 Å². The molecule has 0 radical (unpaired) electrons. The van der Waals surface area contributed by atoms with E-state index in [0.717, 1.165) is 4.88 Å². The van der Waals surface area contributed by atoms with E-state index < -0.39 is 11.4 Å². The van der Waals surface area contributed by atoms with Gasteiger partial charge in [0.05, 0.1) is 10.3 Å². The molecule has 0 spiro atoms. The number of aliphatic carboxylic acids is 1. The molecule has 4 nitrogen and oxygen atoms in total. The molecule has 102 valence electrons. The molecule has 1 aliphatic heterocycles. The minimum Gasteiger partial charge on any atom is -0.481 e. The van der Waals surface area contributed by atoms with Crippen LogP contribution in [-0.4, -0.2) is 35.0 Å². The summed E-state index contributed by atoms with van der Waals surface area (Å²) < 4.78 is 0. The van der Waals surface area contributed by atoms with E-state index in [4.69, 9.17) is 0 Å². The second-order valence-electron chi connectivity index (χ2n) is 5.82. The zero-order valence-electron chi connectivity index (χ0n) is 10.9. The Morgan fingerprint density at radius 3 is 2.79 bits per heavy atom. The molecule has 5 heteroatoms. The lowest BCUT2D eigenvalue weighted by Crippen LogP contribution is -2.34. The average molecular weight is 279 g/mol. The highest BCUT2D eigenvalue weighted by Crippen LogP contribution is 2.44. The maximum atomic E-state index is 12.5. The van der Waals surface area contributed by atoms with Crippen LogP contribution in [0.4, 0.5) is 0 Å². The number of thiophene rings is 1. The maximum absolute atomic E-state index is 12.5. The Morgan fingerprint density at radius 1 is 1.47 bits per heavy atom. The van der Waals surface area contributed by atoms with Crippen molar-refractivity contribution in [2.45, 2.75) is 32.1 Å². The highest BCUT2D eigenvalue weighted by molar-refractivity contribution is 7.12. The summed E-state index contributed by atoms with van der Waals surface area (Å²) in [7, 11) is 0. The molecule has 1 saturated heterocycles. The van der Waals surface area contributed by atoms with E-state index in [-0.39, 0.29) is 5.91 Å². The molecule has 2 fully saturated rings. The summed E-state index contributed by atoms with van der Waals surface area (Å²) in [6.07, 6.45) is 2.88. The lowest BCUT2D eigenvalue weighted by Gasteiger charge is -2.20. The predicted molar refractivity (Wildman–Crippen MR) is 72.6 cm³/mol. The van der Waals surface area contributed by atoms with Gasteiger partial charge in [-0.25, -0.2) is 0 Å². The zero-order valence-corrected chi connectivity index (χ0v) is 11.7. The fourth-order valence-electron chi connectivity index (χ4n) is 2.66. The van der Waals surface area contributed by atoms with Crippen molar-refractivity contribution in [2.24, 2.45) is 5.41 Å². The van der Waals surface area contributed by atoms with Gasteiger partial charge in [0.1, 0.15) is 0 Å². The molecule has 1 saturated carbocycles. The number of nitrogens with zero attached hydrogens (tertiary/aromatic N) is 1. The van der Waals surface area contributed by atoms with E-state index in [1.807, 2.05) is 11.4 Å². The number of carbonyl (C=O) groups excluding carboxylic acids is 1. The number of carbonyl (C=O) groups is 2. The van der Waals surface area contributed by atoms with Gasteiger partial charge in [-0.3, -0.25) is 9.59 Å². The molecule has 3 rings (SSSR count). The van der Waals surface area contributed by atoms with Crippen LogP contribution in [0.15, 0.2) is 11.4 Å². The van der Waals surface area contributed by atoms with Gasteiger partial charge in [-0.1, -0.05) is 0 Å². The molecular weight excluding hydrogens is 262 g/mol. The van der Waals surface area contributed by atoms with Crippen LogP contribution in [0.25, 0.3) is 0 Å². The summed E-state index contributed by atoms with van der Waals surface area (Å²) in [5.74, 6) is -0.239. The second kappa shape index (κ2) is 4.34. The van der Waals surface area contributed by atoms with Crippen LogP contribution >= 0.6 is 11.3 Å². The fourth-order valence-corrected chi connectivity index (χ4v) is 3.61. The average Bonchev–Trinajstić information content (AvgIpc) is 2.96. The Labute approximate surface area is 116 Å². The third-order valence-corrected chi connectivity index (χ3v) is 5.10. The first-order valence-electron chi connectivity index (χ1n) is 6.61. The number of rotatable bonds is 3. The Morgan fingerprint density at radius 2 is 2.21 bits per heavy atom. The van der Waals surface area contributed by atoms with Gasteiger partial charge in [-0.2, -0.15) is 0 Å². The van der Waals surface area contributed by atoms with Crippen molar-refractivity contribution in [3.05, 3.63) is 21.9 Å². The van der Waals surface area contributed by atoms with Crippen LogP contribution in [0.1, 0.15) is 47.3 Å². The van der Waals surface area contributed by atoms with Crippen molar-refractivity contribution < 1.29 is 14.7 Å². The van der Waals surface area contributed by atoms with E-state index >= 15 is 0 Å².